The van der Waals surface area contributed by atoms with Gasteiger partial charge in [-0.2, -0.15) is 5.26 Å². The Labute approximate surface area is 108 Å². The van der Waals surface area contributed by atoms with Crippen LogP contribution < -0.4 is 0 Å². The third-order valence-electron chi connectivity index (χ3n) is 2.37. The lowest BCUT2D eigenvalue weighted by Gasteiger charge is -2.03. The van der Waals surface area contributed by atoms with Gasteiger partial charge in [-0.25, -0.2) is 8.78 Å². The highest BCUT2D eigenvalue weighted by Gasteiger charge is 2.03. The van der Waals surface area contributed by atoms with Crippen molar-refractivity contribution in [2.75, 3.05) is 0 Å². The van der Waals surface area contributed by atoms with Gasteiger partial charge in [-0.1, -0.05) is 6.07 Å². The molecule has 18 heavy (non-hydrogen) atoms. The number of hydrogen-bond donors (Lipinski definition) is 0. The fraction of sp³-hybridized carbons (Fsp3) is 0.0714. The average Bonchev–Trinajstić information content (AvgIpc) is 2.39. The summed E-state index contributed by atoms with van der Waals surface area (Å²) < 4.78 is 25.8. The highest BCUT2D eigenvalue weighted by molar-refractivity contribution is 7.98. The van der Waals surface area contributed by atoms with Gasteiger partial charge in [0.05, 0.1) is 5.56 Å². The summed E-state index contributed by atoms with van der Waals surface area (Å²) in [7, 11) is 0. The lowest BCUT2D eigenvalue weighted by Crippen LogP contribution is -1.87. The summed E-state index contributed by atoms with van der Waals surface area (Å²) in [6, 6.07) is 12.4. The van der Waals surface area contributed by atoms with E-state index in [1.54, 1.807) is 18.2 Å². The lowest BCUT2D eigenvalue weighted by atomic mass is 10.1. The minimum absolute atomic E-state index is 0.0483. The van der Waals surface area contributed by atoms with Crippen molar-refractivity contribution >= 4 is 11.8 Å². The fourth-order valence-electron chi connectivity index (χ4n) is 1.45. The molecular formula is C14H9F2NS. The number of hydrogen-bond acceptors (Lipinski definition) is 2. The Morgan fingerprint density at radius 1 is 1.06 bits per heavy atom. The second-order valence-corrected chi connectivity index (χ2v) is 4.72. The molecule has 0 spiro atoms. The van der Waals surface area contributed by atoms with Crippen LogP contribution in [0.25, 0.3) is 0 Å². The largest absolute Gasteiger partial charge is 0.207 e. The van der Waals surface area contributed by atoms with Crippen molar-refractivity contribution in [1.82, 2.24) is 0 Å². The zero-order valence-corrected chi connectivity index (χ0v) is 10.2. The van der Waals surface area contributed by atoms with Gasteiger partial charge in [0.25, 0.3) is 0 Å². The lowest BCUT2D eigenvalue weighted by molar-refractivity contribution is 0.623. The van der Waals surface area contributed by atoms with Crippen molar-refractivity contribution < 1.29 is 8.78 Å². The van der Waals surface area contributed by atoms with Gasteiger partial charge in [0.1, 0.15) is 17.7 Å². The number of nitrogens with zero attached hydrogens (tertiary/aromatic N) is 1. The van der Waals surface area contributed by atoms with Crippen molar-refractivity contribution in [3.05, 3.63) is 65.2 Å². The molecule has 0 N–H and O–H groups in total. The van der Waals surface area contributed by atoms with Gasteiger partial charge in [0.15, 0.2) is 0 Å². The van der Waals surface area contributed by atoms with Crippen LogP contribution in [0.4, 0.5) is 8.78 Å². The minimum atomic E-state index is -0.506. The molecule has 0 aliphatic heterocycles. The van der Waals surface area contributed by atoms with Crippen LogP contribution in [-0.4, -0.2) is 0 Å². The Morgan fingerprint density at radius 2 is 1.78 bits per heavy atom. The van der Waals surface area contributed by atoms with Crippen LogP contribution in [0.15, 0.2) is 47.4 Å². The maximum atomic E-state index is 13.1. The Hall–Kier alpha value is -1.86. The molecule has 0 radical (unpaired) electrons. The molecule has 0 amide bonds. The SMILES string of the molecule is N#Cc1cc(CSc2ccc(F)cc2)ccc1F. The average molecular weight is 261 g/mol. The molecule has 0 unspecified atom stereocenters. The van der Waals surface area contributed by atoms with Crippen LogP contribution in [0.1, 0.15) is 11.1 Å². The smallest absolute Gasteiger partial charge is 0.140 e. The first-order valence-electron chi connectivity index (χ1n) is 5.26. The molecule has 1 nitrogen and oxygen atoms in total. The highest BCUT2D eigenvalue weighted by Crippen LogP contribution is 2.23. The molecule has 0 saturated carbocycles. The maximum Gasteiger partial charge on any atom is 0.140 e. The van der Waals surface area contributed by atoms with Crippen LogP contribution in [0.5, 0.6) is 0 Å². The first kappa shape index (κ1) is 12.6. The van der Waals surface area contributed by atoms with Crippen molar-refractivity contribution in [1.29, 1.82) is 5.26 Å². The number of benzene rings is 2. The predicted molar refractivity (Wildman–Crippen MR) is 67.1 cm³/mol. The summed E-state index contributed by atoms with van der Waals surface area (Å²) in [5.41, 5.74) is 0.912. The quantitative estimate of drug-likeness (QED) is 0.776. The zero-order chi connectivity index (χ0) is 13.0. The van der Waals surface area contributed by atoms with Gasteiger partial charge < -0.3 is 0 Å². The van der Waals surface area contributed by atoms with Gasteiger partial charge in [0, 0.05) is 10.6 Å². The van der Waals surface area contributed by atoms with Crippen molar-refractivity contribution in [3.63, 3.8) is 0 Å². The first-order valence-corrected chi connectivity index (χ1v) is 6.24. The molecule has 0 bridgehead atoms. The van der Waals surface area contributed by atoms with E-state index >= 15 is 0 Å². The zero-order valence-electron chi connectivity index (χ0n) is 9.36. The third kappa shape index (κ3) is 3.08. The summed E-state index contributed by atoms with van der Waals surface area (Å²) in [6.45, 7) is 0. The highest BCUT2D eigenvalue weighted by atomic mass is 32.2. The van der Waals surface area contributed by atoms with Crippen LogP contribution in [0.3, 0.4) is 0 Å². The second-order valence-electron chi connectivity index (χ2n) is 3.67. The van der Waals surface area contributed by atoms with Gasteiger partial charge in [-0.3, -0.25) is 0 Å². The standard InChI is InChI=1S/C14H9F2NS/c15-12-2-4-13(5-3-12)18-9-10-1-6-14(16)11(7-10)8-17/h1-7H,9H2. The molecule has 2 aromatic carbocycles. The molecular weight excluding hydrogens is 252 g/mol. The van der Waals surface area contributed by atoms with Crippen LogP contribution >= 0.6 is 11.8 Å². The van der Waals surface area contributed by atoms with Crippen molar-refractivity contribution in [3.8, 4) is 6.07 Å². The molecule has 2 aromatic rings. The maximum absolute atomic E-state index is 13.1. The van der Waals surface area contributed by atoms with E-state index in [0.717, 1.165) is 10.5 Å². The molecule has 0 saturated heterocycles. The van der Waals surface area contributed by atoms with Gasteiger partial charge in [-0.05, 0) is 42.0 Å². The molecule has 0 fully saturated rings. The van der Waals surface area contributed by atoms with Crippen LogP contribution in [-0.2, 0) is 5.75 Å². The van der Waals surface area contributed by atoms with Gasteiger partial charge in [0.2, 0.25) is 0 Å². The fourth-order valence-corrected chi connectivity index (χ4v) is 2.29. The Kier molecular flexibility index (Phi) is 3.96. The van der Waals surface area contributed by atoms with Crippen LogP contribution in [0, 0.1) is 23.0 Å². The van der Waals surface area contributed by atoms with E-state index in [9.17, 15) is 8.78 Å². The van der Waals surface area contributed by atoms with E-state index in [-0.39, 0.29) is 11.4 Å². The molecule has 0 aliphatic carbocycles. The van der Waals surface area contributed by atoms with Gasteiger partial charge in [-0.15, -0.1) is 11.8 Å². The summed E-state index contributed by atoms with van der Waals surface area (Å²) >= 11 is 1.51. The Bertz CT molecular complexity index is 588. The summed E-state index contributed by atoms with van der Waals surface area (Å²) in [5, 5.41) is 8.72. The van der Waals surface area contributed by atoms with E-state index in [1.807, 2.05) is 6.07 Å². The topological polar surface area (TPSA) is 23.8 Å². The molecule has 0 heterocycles. The summed E-state index contributed by atoms with van der Waals surface area (Å²) in [5.74, 6) is -0.165. The Balaban J connectivity index is 2.06. The molecule has 4 heteroatoms. The Morgan fingerprint density at radius 3 is 2.44 bits per heavy atom. The number of thioether (sulfide) groups is 1. The van der Waals surface area contributed by atoms with E-state index in [2.05, 4.69) is 0 Å². The van der Waals surface area contributed by atoms with Crippen LogP contribution in [0.2, 0.25) is 0 Å². The van der Waals surface area contributed by atoms with Gasteiger partial charge >= 0.3 is 0 Å². The van der Waals surface area contributed by atoms with E-state index in [4.69, 9.17) is 5.26 Å². The van der Waals surface area contributed by atoms with Crippen molar-refractivity contribution in [2.45, 2.75) is 10.6 Å². The molecule has 0 atom stereocenters. The summed E-state index contributed by atoms with van der Waals surface area (Å²) in [6.07, 6.45) is 0. The first-order chi connectivity index (χ1) is 8.69. The van der Waals surface area contributed by atoms with E-state index < -0.39 is 5.82 Å². The second kappa shape index (κ2) is 5.65. The number of halogens is 2. The molecule has 2 rings (SSSR count). The number of nitriles is 1. The molecule has 90 valence electrons. The summed E-state index contributed by atoms with van der Waals surface area (Å²) in [4.78, 5) is 0.930. The van der Waals surface area contributed by atoms with Crippen molar-refractivity contribution in [2.24, 2.45) is 0 Å². The number of rotatable bonds is 3. The predicted octanol–water partition coefficient (Wildman–Crippen LogP) is 4.13. The van der Waals surface area contributed by atoms with E-state index in [0.29, 0.717) is 5.75 Å². The normalized spacial score (nSPS) is 10.1. The monoisotopic (exact) mass is 261 g/mol. The molecule has 0 aromatic heterocycles. The third-order valence-corrected chi connectivity index (χ3v) is 3.45. The minimum Gasteiger partial charge on any atom is -0.207 e. The molecule has 0 aliphatic rings. The van der Waals surface area contributed by atoms with E-state index in [1.165, 1.54) is 36.0 Å².